The van der Waals surface area contributed by atoms with E-state index in [1.165, 1.54) is 12.8 Å². The van der Waals surface area contributed by atoms with Gasteiger partial charge in [-0.2, -0.15) is 4.98 Å². The van der Waals surface area contributed by atoms with E-state index in [0.29, 0.717) is 35.2 Å². The van der Waals surface area contributed by atoms with Crippen LogP contribution in [0.5, 0.6) is 5.88 Å². The number of fused-ring (bicyclic) bond motifs is 2. The zero-order chi connectivity index (χ0) is 21.4. The Bertz CT molecular complexity index is 1040. The van der Waals surface area contributed by atoms with Crippen molar-refractivity contribution in [1.29, 1.82) is 0 Å². The number of pyridine rings is 1. The molecule has 1 aromatic carbocycles. The lowest BCUT2D eigenvalue weighted by molar-refractivity contribution is -0.118. The van der Waals surface area contributed by atoms with Crippen LogP contribution in [0.4, 0.5) is 22.9 Å². The van der Waals surface area contributed by atoms with Gasteiger partial charge in [0.15, 0.2) is 6.61 Å². The van der Waals surface area contributed by atoms with E-state index in [4.69, 9.17) is 10.5 Å². The van der Waals surface area contributed by atoms with Crippen molar-refractivity contribution >= 4 is 34.7 Å². The number of hydrogen-bond acceptors (Lipinski definition) is 7. The number of ether oxygens (including phenoxy) is 1. The molecule has 3 aliphatic rings. The minimum Gasteiger partial charge on any atom is -0.466 e. The van der Waals surface area contributed by atoms with Gasteiger partial charge in [-0.25, -0.2) is 0 Å². The summed E-state index contributed by atoms with van der Waals surface area (Å²) in [5, 5.41) is 12.5. The van der Waals surface area contributed by atoms with Crippen molar-refractivity contribution in [3.63, 3.8) is 0 Å². The number of carbonyl (C=O) groups excluding carboxylic acids is 2. The SMILES string of the molecule is N[C@H]1CCCC[C@H]1Nc1cc2c(c(Nc3ccc4c(n3)OCC(=O)N4)c1)C(=O)NCC2. The third-order valence-corrected chi connectivity index (χ3v) is 6.04. The van der Waals surface area contributed by atoms with Gasteiger partial charge in [0.05, 0.1) is 11.3 Å². The molecule has 9 nitrogen and oxygen atoms in total. The molecule has 1 aliphatic carbocycles. The van der Waals surface area contributed by atoms with E-state index in [1.807, 2.05) is 6.07 Å². The first-order valence-electron chi connectivity index (χ1n) is 10.7. The van der Waals surface area contributed by atoms with Crippen LogP contribution >= 0.6 is 0 Å². The highest BCUT2D eigenvalue weighted by molar-refractivity contribution is 6.03. The molecule has 0 bridgehead atoms. The summed E-state index contributed by atoms with van der Waals surface area (Å²) in [7, 11) is 0. The molecule has 6 N–H and O–H groups in total. The van der Waals surface area contributed by atoms with Crippen LogP contribution < -0.4 is 31.7 Å². The number of benzene rings is 1. The van der Waals surface area contributed by atoms with E-state index in [2.05, 4.69) is 32.3 Å². The van der Waals surface area contributed by atoms with Gasteiger partial charge in [-0.3, -0.25) is 9.59 Å². The van der Waals surface area contributed by atoms with E-state index in [1.54, 1.807) is 12.1 Å². The van der Waals surface area contributed by atoms with Crippen molar-refractivity contribution in [2.75, 3.05) is 29.1 Å². The van der Waals surface area contributed by atoms with Crippen molar-refractivity contribution in [3.8, 4) is 5.88 Å². The zero-order valence-corrected chi connectivity index (χ0v) is 17.2. The lowest BCUT2D eigenvalue weighted by Crippen LogP contribution is -2.42. The van der Waals surface area contributed by atoms with E-state index in [-0.39, 0.29) is 30.5 Å². The number of anilines is 4. The highest BCUT2D eigenvalue weighted by Crippen LogP contribution is 2.33. The molecule has 162 valence electrons. The van der Waals surface area contributed by atoms with Gasteiger partial charge in [-0.1, -0.05) is 12.8 Å². The lowest BCUT2D eigenvalue weighted by atomic mass is 9.90. The molecule has 1 aromatic heterocycles. The van der Waals surface area contributed by atoms with E-state index in [0.717, 1.165) is 30.5 Å². The van der Waals surface area contributed by atoms with E-state index >= 15 is 0 Å². The summed E-state index contributed by atoms with van der Waals surface area (Å²) in [5.74, 6) is 0.568. The normalized spacial score (nSPS) is 22.4. The fourth-order valence-corrected chi connectivity index (χ4v) is 4.47. The average Bonchev–Trinajstić information content (AvgIpc) is 2.75. The fraction of sp³-hybridized carbons (Fsp3) is 0.409. The first-order chi connectivity index (χ1) is 15.1. The summed E-state index contributed by atoms with van der Waals surface area (Å²) in [5.41, 5.74) is 10.1. The smallest absolute Gasteiger partial charge is 0.262 e. The van der Waals surface area contributed by atoms with Crippen LogP contribution in [0.2, 0.25) is 0 Å². The first-order valence-corrected chi connectivity index (χ1v) is 10.7. The highest BCUT2D eigenvalue weighted by atomic mass is 16.5. The van der Waals surface area contributed by atoms with Crippen LogP contribution in [0.3, 0.4) is 0 Å². The third-order valence-electron chi connectivity index (χ3n) is 6.04. The molecule has 1 fully saturated rings. The molecule has 5 rings (SSSR count). The molecule has 0 unspecified atom stereocenters. The van der Waals surface area contributed by atoms with Gasteiger partial charge in [-0.15, -0.1) is 0 Å². The molecule has 2 atom stereocenters. The standard InChI is InChI=1S/C22H26N6O3/c23-14-3-1-2-4-15(14)25-13-9-12-7-8-24-21(30)20(12)17(10-13)26-18-6-5-16-22(28-18)31-11-19(29)27-16/h5-6,9-10,14-15,25H,1-4,7-8,11,23H2,(H,24,30)(H,26,28)(H,27,29)/t14-,15+/m0/s1. The van der Waals surface area contributed by atoms with Crippen molar-refractivity contribution in [2.24, 2.45) is 5.73 Å². The predicted octanol–water partition coefficient (Wildman–Crippen LogP) is 2.12. The minimum atomic E-state index is -0.208. The molecule has 2 amide bonds. The van der Waals surface area contributed by atoms with E-state index < -0.39 is 0 Å². The van der Waals surface area contributed by atoms with Crippen molar-refractivity contribution in [3.05, 3.63) is 35.4 Å². The maximum atomic E-state index is 12.6. The number of nitrogens with two attached hydrogens (primary N) is 1. The number of hydrogen-bond donors (Lipinski definition) is 5. The molecule has 0 spiro atoms. The monoisotopic (exact) mass is 422 g/mol. The molecule has 2 aliphatic heterocycles. The van der Waals surface area contributed by atoms with Gasteiger partial charge >= 0.3 is 0 Å². The summed E-state index contributed by atoms with van der Waals surface area (Å²) >= 11 is 0. The fourth-order valence-electron chi connectivity index (χ4n) is 4.47. The van der Waals surface area contributed by atoms with Crippen molar-refractivity contribution in [2.45, 2.75) is 44.2 Å². The van der Waals surface area contributed by atoms with Crippen LogP contribution in [0.15, 0.2) is 24.3 Å². The average molecular weight is 422 g/mol. The molecule has 0 radical (unpaired) electrons. The molecule has 3 heterocycles. The predicted molar refractivity (Wildman–Crippen MR) is 118 cm³/mol. The van der Waals surface area contributed by atoms with Crippen molar-refractivity contribution in [1.82, 2.24) is 10.3 Å². The van der Waals surface area contributed by atoms with Crippen LogP contribution in [0.25, 0.3) is 0 Å². The van der Waals surface area contributed by atoms with Gasteiger partial charge < -0.3 is 31.7 Å². The summed E-state index contributed by atoms with van der Waals surface area (Å²) in [4.78, 5) is 28.6. The summed E-state index contributed by atoms with van der Waals surface area (Å²) in [6, 6.07) is 7.82. The van der Waals surface area contributed by atoms with Gasteiger partial charge in [-0.05, 0) is 49.1 Å². The summed E-state index contributed by atoms with van der Waals surface area (Å²) in [6.45, 7) is 0.546. The number of rotatable bonds is 4. The van der Waals surface area contributed by atoms with Gasteiger partial charge in [0, 0.05) is 24.3 Å². The number of aromatic nitrogens is 1. The molecular weight excluding hydrogens is 396 g/mol. The lowest BCUT2D eigenvalue weighted by Gasteiger charge is -2.31. The Labute approximate surface area is 180 Å². The number of carbonyl (C=O) groups is 2. The maximum Gasteiger partial charge on any atom is 0.262 e. The molecule has 9 heteroatoms. The second kappa shape index (κ2) is 8.07. The Morgan fingerprint density at radius 2 is 2.03 bits per heavy atom. The zero-order valence-electron chi connectivity index (χ0n) is 17.2. The Hall–Kier alpha value is -3.33. The van der Waals surface area contributed by atoms with Crippen LogP contribution in [-0.4, -0.2) is 42.0 Å². The topological polar surface area (TPSA) is 130 Å². The second-order valence-corrected chi connectivity index (χ2v) is 8.27. The van der Waals surface area contributed by atoms with Crippen molar-refractivity contribution < 1.29 is 14.3 Å². The summed E-state index contributed by atoms with van der Waals surface area (Å²) in [6.07, 6.45) is 5.15. The molecular formula is C22H26N6O3. The first kappa shape index (κ1) is 19.6. The van der Waals surface area contributed by atoms with E-state index in [9.17, 15) is 9.59 Å². The minimum absolute atomic E-state index is 0.0672. The second-order valence-electron chi connectivity index (χ2n) is 8.27. The Morgan fingerprint density at radius 3 is 2.90 bits per heavy atom. The number of amides is 2. The Morgan fingerprint density at radius 1 is 1.16 bits per heavy atom. The van der Waals surface area contributed by atoms with Gasteiger partial charge in [0.25, 0.3) is 11.8 Å². The van der Waals surface area contributed by atoms with Gasteiger partial charge in [0.1, 0.15) is 11.5 Å². The largest absolute Gasteiger partial charge is 0.466 e. The van der Waals surface area contributed by atoms with Crippen LogP contribution in [0, 0.1) is 0 Å². The third kappa shape index (κ3) is 4.00. The molecule has 1 saturated carbocycles. The molecule has 2 aromatic rings. The molecule has 0 saturated heterocycles. The van der Waals surface area contributed by atoms with Crippen LogP contribution in [-0.2, 0) is 11.2 Å². The summed E-state index contributed by atoms with van der Waals surface area (Å²) < 4.78 is 5.42. The quantitative estimate of drug-likeness (QED) is 0.510. The van der Waals surface area contributed by atoms with Gasteiger partial charge in [0.2, 0.25) is 5.88 Å². The Kier molecular flexibility index (Phi) is 5.11. The Balaban J connectivity index is 1.46. The maximum absolute atomic E-state index is 12.6. The number of nitrogens with one attached hydrogen (secondary N) is 4. The van der Waals surface area contributed by atoms with Crippen LogP contribution in [0.1, 0.15) is 41.6 Å². The molecule has 31 heavy (non-hydrogen) atoms. The number of nitrogens with zero attached hydrogens (tertiary/aromatic N) is 1. The highest BCUT2D eigenvalue weighted by Gasteiger charge is 2.25.